The normalized spacial score (nSPS) is 28.3. The summed E-state index contributed by atoms with van der Waals surface area (Å²) < 4.78 is -0.645. The van der Waals surface area contributed by atoms with Gasteiger partial charge in [0.25, 0.3) is 0 Å². The zero-order valence-corrected chi connectivity index (χ0v) is 21.3. The minimum absolute atomic E-state index is 0.0772. The largest absolute Gasteiger partial charge is 0.421 e. The van der Waals surface area contributed by atoms with Gasteiger partial charge in [-0.2, -0.15) is 4.48 Å². The molecule has 1 heterocycles. The van der Waals surface area contributed by atoms with Gasteiger partial charge in [-0.3, -0.25) is 14.8 Å². The maximum Gasteiger partial charge on any atom is 0.421 e. The van der Waals surface area contributed by atoms with Crippen LogP contribution in [-0.2, 0) is 20.8 Å². The molecule has 5 amide bonds. The van der Waals surface area contributed by atoms with Crippen molar-refractivity contribution in [3.63, 3.8) is 0 Å². The summed E-state index contributed by atoms with van der Waals surface area (Å²) >= 11 is 0. The summed E-state index contributed by atoms with van der Waals surface area (Å²) in [6.07, 6.45) is 6.23. The molecule has 1 aromatic carbocycles. The van der Waals surface area contributed by atoms with Crippen molar-refractivity contribution < 1.29 is 34.0 Å². The molecule has 0 aromatic heterocycles. The second-order valence-corrected chi connectivity index (χ2v) is 10.9. The van der Waals surface area contributed by atoms with Gasteiger partial charge >= 0.3 is 11.9 Å². The first kappa shape index (κ1) is 27.2. The van der Waals surface area contributed by atoms with Crippen molar-refractivity contribution in [1.82, 2.24) is 10.4 Å². The number of imide groups is 1. The molecule has 10 nitrogen and oxygen atoms in total. The van der Waals surface area contributed by atoms with Crippen molar-refractivity contribution in [2.45, 2.75) is 82.4 Å². The summed E-state index contributed by atoms with van der Waals surface area (Å²) in [5.41, 5.74) is 7.73. The smallest absolute Gasteiger partial charge is 0.386 e. The Bertz CT molecular complexity index is 1010. The standard InChI is InChI=1S/C27H38N4O6/c28-27(36)31(26(35)20(16-30(37)17-32)14-18-6-1-2-7-18)13-5-9-21(31)15-24(33)29-23-12-11-19-8-3-4-10-22(19)25(23)34/h3-4,8,10,17-18,20-21,23,25,34,37H,1-2,5-7,9,11-16H2,(H2-,28,29,33,36)/p+1/t20-,21+,23?,25?,31?/m1/s1. The molecule has 3 unspecified atom stereocenters. The molecule has 2 aliphatic carbocycles. The number of hydrogen-bond acceptors (Lipinski definition) is 6. The molecule has 37 heavy (non-hydrogen) atoms. The van der Waals surface area contributed by atoms with Crippen LogP contribution in [0, 0.1) is 11.8 Å². The first-order chi connectivity index (χ1) is 17.8. The number of quaternary nitrogens is 1. The number of hydrogen-bond donors (Lipinski definition) is 4. The maximum atomic E-state index is 14.0. The lowest BCUT2D eigenvalue weighted by Gasteiger charge is -2.37. The minimum atomic E-state index is -0.829. The minimum Gasteiger partial charge on any atom is -0.386 e. The van der Waals surface area contributed by atoms with Crippen LogP contribution in [0.1, 0.15) is 75.0 Å². The Morgan fingerprint density at radius 3 is 2.57 bits per heavy atom. The van der Waals surface area contributed by atoms with Crippen LogP contribution in [0.25, 0.3) is 0 Å². The highest BCUT2D eigenvalue weighted by atomic mass is 16.5. The van der Waals surface area contributed by atoms with E-state index in [0.29, 0.717) is 30.7 Å². The number of aryl methyl sites for hydroxylation is 1. The number of nitrogens with zero attached hydrogens (tertiary/aromatic N) is 2. The summed E-state index contributed by atoms with van der Waals surface area (Å²) in [4.78, 5) is 51.1. The van der Waals surface area contributed by atoms with Crippen LogP contribution < -0.4 is 11.1 Å². The molecule has 0 bridgehead atoms. The Kier molecular flexibility index (Phi) is 8.61. The van der Waals surface area contributed by atoms with Gasteiger partial charge in [-0.1, -0.05) is 49.9 Å². The van der Waals surface area contributed by atoms with Crippen LogP contribution in [-0.4, -0.2) is 69.3 Å². The Labute approximate surface area is 217 Å². The molecule has 0 radical (unpaired) electrons. The molecule has 0 spiro atoms. The van der Waals surface area contributed by atoms with E-state index in [0.717, 1.165) is 43.2 Å². The third-order valence-corrected chi connectivity index (χ3v) is 8.68. The molecule has 5 N–H and O–H groups in total. The molecule has 1 saturated carbocycles. The summed E-state index contributed by atoms with van der Waals surface area (Å²) in [7, 11) is 0. The highest BCUT2D eigenvalue weighted by Gasteiger charge is 2.56. The number of fused-ring (bicyclic) bond motifs is 1. The number of aliphatic hydroxyl groups excluding tert-OH is 1. The number of amides is 5. The third-order valence-electron chi connectivity index (χ3n) is 8.68. The lowest BCUT2D eigenvalue weighted by Crippen LogP contribution is -2.65. The SMILES string of the molecule is NC(=O)[N+]1(C(=O)[C@H](CC2CCCC2)CN(O)C=O)CCC[C@H]1CC(=O)NC1CCc2ccccc2C1O. The van der Waals surface area contributed by atoms with Crippen LogP contribution in [0.5, 0.6) is 0 Å². The number of benzene rings is 1. The number of carbonyl (C=O) groups excluding carboxylic acids is 4. The molecule has 2 fully saturated rings. The van der Waals surface area contributed by atoms with E-state index in [2.05, 4.69) is 5.32 Å². The van der Waals surface area contributed by atoms with Crippen molar-refractivity contribution in [1.29, 1.82) is 0 Å². The van der Waals surface area contributed by atoms with Crippen molar-refractivity contribution in [3.8, 4) is 0 Å². The quantitative estimate of drug-likeness (QED) is 0.171. The van der Waals surface area contributed by atoms with Crippen molar-refractivity contribution >= 4 is 24.3 Å². The van der Waals surface area contributed by atoms with Crippen LogP contribution in [0.15, 0.2) is 24.3 Å². The van der Waals surface area contributed by atoms with E-state index in [9.17, 15) is 29.5 Å². The van der Waals surface area contributed by atoms with Crippen LogP contribution >= 0.6 is 0 Å². The Morgan fingerprint density at radius 1 is 1.14 bits per heavy atom. The maximum absolute atomic E-state index is 14.0. The van der Waals surface area contributed by atoms with Gasteiger partial charge in [0.1, 0.15) is 6.04 Å². The fourth-order valence-corrected chi connectivity index (χ4v) is 6.79. The number of hydroxylamine groups is 2. The van der Waals surface area contributed by atoms with E-state index in [1.54, 1.807) is 0 Å². The van der Waals surface area contributed by atoms with Crippen LogP contribution in [0.4, 0.5) is 4.79 Å². The number of carbonyl (C=O) groups is 4. The third kappa shape index (κ3) is 5.71. The predicted molar refractivity (Wildman–Crippen MR) is 134 cm³/mol. The first-order valence-corrected chi connectivity index (χ1v) is 13.4. The molecule has 10 heteroatoms. The lowest BCUT2D eigenvalue weighted by molar-refractivity contribution is -0.787. The van der Waals surface area contributed by atoms with Gasteiger partial charge in [0.2, 0.25) is 12.3 Å². The second-order valence-electron chi connectivity index (χ2n) is 10.9. The zero-order valence-electron chi connectivity index (χ0n) is 21.3. The van der Waals surface area contributed by atoms with Crippen LogP contribution in [0.2, 0.25) is 0 Å². The van der Waals surface area contributed by atoms with Crippen molar-refractivity contribution in [3.05, 3.63) is 35.4 Å². The van der Waals surface area contributed by atoms with E-state index in [-0.39, 0.29) is 37.7 Å². The number of aliphatic hydroxyl groups is 1. The lowest BCUT2D eigenvalue weighted by atomic mass is 9.86. The molecule has 1 saturated heterocycles. The Hall–Kier alpha value is -2.82. The molecule has 5 atom stereocenters. The number of rotatable bonds is 9. The highest BCUT2D eigenvalue weighted by Crippen LogP contribution is 2.37. The van der Waals surface area contributed by atoms with E-state index in [1.165, 1.54) is 0 Å². The number of nitrogens with one attached hydrogen (secondary N) is 1. The summed E-state index contributed by atoms with van der Waals surface area (Å²) in [6.45, 7) is -0.0159. The summed E-state index contributed by atoms with van der Waals surface area (Å²) in [6, 6.07) is 5.71. The predicted octanol–water partition coefficient (Wildman–Crippen LogP) is 2.17. The van der Waals surface area contributed by atoms with Crippen molar-refractivity contribution in [2.24, 2.45) is 17.6 Å². The molecule has 1 aromatic rings. The fourth-order valence-electron chi connectivity index (χ4n) is 6.79. The van der Waals surface area contributed by atoms with E-state index >= 15 is 0 Å². The summed E-state index contributed by atoms with van der Waals surface area (Å²) in [5.74, 6) is -1.24. The highest BCUT2D eigenvalue weighted by molar-refractivity contribution is 5.86. The summed E-state index contributed by atoms with van der Waals surface area (Å²) in [5, 5.41) is 24.1. The molecule has 1 aliphatic heterocycles. The first-order valence-electron chi connectivity index (χ1n) is 13.4. The number of primary amides is 1. The van der Waals surface area contributed by atoms with Gasteiger partial charge in [-0.25, -0.2) is 14.7 Å². The fraction of sp³-hybridized carbons (Fsp3) is 0.630. The van der Waals surface area contributed by atoms with Crippen LogP contribution in [0.3, 0.4) is 0 Å². The van der Waals surface area contributed by atoms with Gasteiger partial charge in [0.15, 0.2) is 0 Å². The van der Waals surface area contributed by atoms with E-state index in [4.69, 9.17) is 5.73 Å². The average molecular weight is 516 g/mol. The molecule has 4 rings (SSSR count). The van der Waals surface area contributed by atoms with E-state index in [1.807, 2.05) is 24.3 Å². The Morgan fingerprint density at radius 2 is 1.86 bits per heavy atom. The van der Waals surface area contributed by atoms with E-state index < -0.39 is 40.5 Å². The van der Waals surface area contributed by atoms with Crippen molar-refractivity contribution in [2.75, 3.05) is 13.1 Å². The van der Waals surface area contributed by atoms with Gasteiger partial charge in [0, 0.05) is 12.8 Å². The monoisotopic (exact) mass is 515 g/mol. The average Bonchev–Trinajstić information content (AvgIpc) is 3.55. The van der Waals surface area contributed by atoms with Gasteiger partial charge < -0.3 is 16.2 Å². The molecule has 202 valence electrons. The molecular formula is C27H39N4O6+. The second kappa shape index (κ2) is 11.7. The number of likely N-dealkylation sites (tertiary alicyclic amines) is 1. The number of nitrogens with two attached hydrogens (primary N) is 1. The van der Waals surface area contributed by atoms with Gasteiger partial charge in [0.05, 0.1) is 37.6 Å². The van der Waals surface area contributed by atoms with Gasteiger partial charge in [-0.15, -0.1) is 0 Å². The molecular weight excluding hydrogens is 476 g/mol. The zero-order chi connectivity index (χ0) is 26.6. The number of urea groups is 1. The molecule has 3 aliphatic rings. The topological polar surface area (TPSA) is 150 Å². The van der Waals surface area contributed by atoms with Gasteiger partial charge in [-0.05, 0) is 36.3 Å². The Balaban J connectivity index is 1.49.